The van der Waals surface area contributed by atoms with E-state index in [0.717, 1.165) is 11.1 Å². The SMILES string of the molecule is Cc1cc(Cl)ccc1OCC(=O)Oc1ccc2c(c1)OC(N)=C(C#N)C2c1cccc(OCc2ccccc2F)c1. The number of fused-ring (bicyclic) bond motifs is 1. The first-order valence-electron chi connectivity index (χ1n) is 12.6. The van der Waals surface area contributed by atoms with E-state index >= 15 is 0 Å². The summed E-state index contributed by atoms with van der Waals surface area (Å²) in [6, 6.07) is 25.6. The average molecular weight is 571 g/mol. The van der Waals surface area contributed by atoms with Crippen LogP contribution in [0.2, 0.25) is 5.02 Å². The van der Waals surface area contributed by atoms with Crippen molar-refractivity contribution in [2.45, 2.75) is 19.4 Å². The number of allylic oxidation sites excluding steroid dienone is 1. The predicted octanol–water partition coefficient (Wildman–Crippen LogP) is 6.57. The lowest BCUT2D eigenvalue weighted by atomic mass is 9.83. The van der Waals surface area contributed by atoms with E-state index in [4.69, 9.17) is 36.3 Å². The van der Waals surface area contributed by atoms with Gasteiger partial charge in [0.15, 0.2) is 6.61 Å². The standard InChI is InChI=1S/C32H24ClFN2O5/c1-19-13-22(33)9-12-28(19)39-18-30(37)40-24-10-11-25-29(15-24)41-32(36)26(16-35)31(25)20-6-4-7-23(14-20)38-17-21-5-2-3-8-27(21)34/h2-15,31H,17-18,36H2,1H3. The summed E-state index contributed by atoms with van der Waals surface area (Å²) in [6.07, 6.45) is 0. The fourth-order valence-corrected chi connectivity index (χ4v) is 4.70. The van der Waals surface area contributed by atoms with E-state index < -0.39 is 11.9 Å². The van der Waals surface area contributed by atoms with Gasteiger partial charge in [0.1, 0.15) is 47.1 Å². The smallest absolute Gasteiger partial charge is 0.349 e. The van der Waals surface area contributed by atoms with Gasteiger partial charge in [-0.1, -0.05) is 48.0 Å². The van der Waals surface area contributed by atoms with Gasteiger partial charge in [-0.15, -0.1) is 0 Å². The third-order valence-corrected chi connectivity index (χ3v) is 6.68. The van der Waals surface area contributed by atoms with Crippen LogP contribution in [-0.2, 0) is 11.4 Å². The average Bonchev–Trinajstić information content (AvgIpc) is 2.95. The highest BCUT2D eigenvalue weighted by molar-refractivity contribution is 6.30. The molecule has 0 amide bonds. The van der Waals surface area contributed by atoms with Crippen LogP contribution >= 0.6 is 11.6 Å². The minimum absolute atomic E-state index is 0.0413. The Hall–Kier alpha value is -5.00. The van der Waals surface area contributed by atoms with E-state index in [-0.39, 0.29) is 36.2 Å². The predicted molar refractivity (Wildman–Crippen MR) is 150 cm³/mol. The zero-order valence-electron chi connectivity index (χ0n) is 21.9. The molecule has 0 spiro atoms. The highest BCUT2D eigenvalue weighted by Gasteiger charge is 2.31. The molecule has 0 bridgehead atoms. The first-order valence-corrected chi connectivity index (χ1v) is 13.0. The van der Waals surface area contributed by atoms with Gasteiger partial charge in [0.05, 0.1) is 5.92 Å². The first kappa shape index (κ1) is 27.6. The summed E-state index contributed by atoms with van der Waals surface area (Å²) in [4.78, 5) is 12.5. The molecule has 5 rings (SSSR count). The van der Waals surface area contributed by atoms with Crippen molar-refractivity contribution in [3.05, 3.63) is 129 Å². The van der Waals surface area contributed by atoms with E-state index in [1.807, 2.05) is 13.0 Å². The lowest BCUT2D eigenvalue weighted by Crippen LogP contribution is -2.22. The van der Waals surface area contributed by atoms with Crippen LogP contribution in [0.5, 0.6) is 23.0 Å². The fraction of sp³-hybridized carbons (Fsp3) is 0.125. The summed E-state index contributed by atoms with van der Waals surface area (Å²) in [5.41, 5.74) is 8.93. The third-order valence-electron chi connectivity index (χ3n) is 6.45. The van der Waals surface area contributed by atoms with Crippen LogP contribution in [0.15, 0.2) is 96.4 Å². The highest BCUT2D eigenvalue weighted by Crippen LogP contribution is 2.44. The van der Waals surface area contributed by atoms with E-state index in [1.165, 1.54) is 12.1 Å². The van der Waals surface area contributed by atoms with E-state index in [1.54, 1.807) is 66.7 Å². The van der Waals surface area contributed by atoms with Gasteiger partial charge in [0.2, 0.25) is 5.88 Å². The molecule has 4 aromatic rings. The van der Waals surface area contributed by atoms with Crippen LogP contribution in [0.1, 0.15) is 28.2 Å². The molecule has 1 atom stereocenters. The molecule has 0 fully saturated rings. The Bertz CT molecular complexity index is 1700. The molecule has 0 saturated carbocycles. The molecule has 0 saturated heterocycles. The van der Waals surface area contributed by atoms with Crippen molar-refractivity contribution in [3.63, 3.8) is 0 Å². The number of nitrogens with zero attached hydrogens (tertiary/aromatic N) is 1. The van der Waals surface area contributed by atoms with Gasteiger partial charge in [-0.2, -0.15) is 5.26 Å². The molecule has 1 aliphatic rings. The van der Waals surface area contributed by atoms with Crippen molar-refractivity contribution in [3.8, 4) is 29.1 Å². The van der Waals surface area contributed by atoms with E-state index in [0.29, 0.717) is 33.4 Å². The number of carbonyl (C=O) groups is 1. The Morgan fingerprint density at radius 1 is 1.02 bits per heavy atom. The van der Waals surface area contributed by atoms with Crippen molar-refractivity contribution < 1.29 is 28.1 Å². The van der Waals surface area contributed by atoms with Crippen molar-refractivity contribution in [1.29, 1.82) is 5.26 Å². The minimum Gasteiger partial charge on any atom is -0.489 e. The molecular weight excluding hydrogens is 547 g/mol. The second-order valence-electron chi connectivity index (χ2n) is 9.25. The van der Waals surface area contributed by atoms with Crippen LogP contribution in [-0.4, -0.2) is 12.6 Å². The number of halogens is 2. The number of hydrogen-bond acceptors (Lipinski definition) is 7. The number of esters is 1. The summed E-state index contributed by atoms with van der Waals surface area (Å²) in [7, 11) is 0. The normalized spacial score (nSPS) is 14.0. The monoisotopic (exact) mass is 570 g/mol. The Labute approximate surface area is 241 Å². The van der Waals surface area contributed by atoms with Crippen LogP contribution in [0, 0.1) is 24.1 Å². The molecular formula is C32H24ClFN2O5. The van der Waals surface area contributed by atoms with Crippen molar-refractivity contribution in [2.75, 3.05) is 6.61 Å². The Morgan fingerprint density at radius 2 is 1.85 bits per heavy atom. The van der Waals surface area contributed by atoms with Crippen LogP contribution in [0.25, 0.3) is 0 Å². The van der Waals surface area contributed by atoms with Crippen LogP contribution in [0.3, 0.4) is 0 Å². The topological polar surface area (TPSA) is 104 Å². The zero-order valence-corrected chi connectivity index (χ0v) is 22.7. The number of ether oxygens (including phenoxy) is 4. The number of nitrogens with two attached hydrogens (primary N) is 1. The summed E-state index contributed by atoms with van der Waals surface area (Å²) >= 11 is 5.97. The third kappa shape index (κ3) is 6.26. The van der Waals surface area contributed by atoms with E-state index in [2.05, 4.69) is 6.07 Å². The molecule has 0 aromatic heterocycles. The van der Waals surface area contributed by atoms with Crippen LogP contribution in [0.4, 0.5) is 4.39 Å². The maximum absolute atomic E-state index is 14.0. The second-order valence-corrected chi connectivity index (χ2v) is 9.69. The number of hydrogen-bond donors (Lipinski definition) is 1. The molecule has 206 valence electrons. The lowest BCUT2D eigenvalue weighted by Gasteiger charge is -2.27. The van der Waals surface area contributed by atoms with E-state index in [9.17, 15) is 14.4 Å². The molecule has 4 aromatic carbocycles. The van der Waals surface area contributed by atoms with Gasteiger partial charge in [-0.3, -0.25) is 0 Å². The molecule has 1 aliphatic heterocycles. The molecule has 1 heterocycles. The van der Waals surface area contributed by atoms with Crippen LogP contribution < -0.4 is 24.7 Å². The summed E-state index contributed by atoms with van der Waals surface area (Å²) < 4.78 is 36.6. The zero-order chi connectivity index (χ0) is 28.9. The van der Waals surface area contributed by atoms with Gasteiger partial charge in [0, 0.05) is 22.2 Å². The van der Waals surface area contributed by atoms with Gasteiger partial charge >= 0.3 is 5.97 Å². The minimum atomic E-state index is -0.618. The molecule has 41 heavy (non-hydrogen) atoms. The Morgan fingerprint density at radius 3 is 2.63 bits per heavy atom. The maximum atomic E-state index is 14.0. The number of benzene rings is 4. The summed E-state index contributed by atoms with van der Waals surface area (Å²) in [6.45, 7) is 1.55. The second kappa shape index (κ2) is 12.0. The number of rotatable bonds is 8. The van der Waals surface area contributed by atoms with Gasteiger partial charge in [0.25, 0.3) is 0 Å². The fourth-order valence-electron chi connectivity index (χ4n) is 4.47. The summed E-state index contributed by atoms with van der Waals surface area (Å²) in [5, 5.41) is 10.5. The van der Waals surface area contributed by atoms with Gasteiger partial charge in [-0.25, -0.2) is 9.18 Å². The number of nitriles is 1. The number of aryl methyl sites for hydroxylation is 1. The van der Waals surface area contributed by atoms with Gasteiger partial charge < -0.3 is 24.7 Å². The molecule has 9 heteroatoms. The molecule has 0 aliphatic carbocycles. The highest BCUT2D eigenvalue weighted by atomic mass is 35.5. The molecule has 1 unspecified atom stereocenters. The lowest BCUT2D eigenvalue weighted by molar-refractivity contribution is -0.136. The number of carbonyl (C=O) groups excluding carboxylic acids is 1. The maximum Gasteiger partial charge on any atom is 0.349 e. The molecule has 0 radical (unpaired) electrons. The van der Waals surface area contributed by atoms with Crippen molar-refractivity contribution in [1.82, 2.24) is 0 Å². The summed E-state index contributed by atoms with van der Waals surface area (Å²) in [5.74, 6) is -0.0288. The Balaban J connectivity index is 1.34. The van der Waals surface area contributed by atoms with Crippen molar-refractivity contribution in [2.24, 2.45) is 5.73 Å². The first-order chi connectivity index (χ1) is 19.8. The molecule has 2 N–H and O–H groups in total. The quantitative estimate of drug-likeness (QED) is 0.189. The van der Waals surface area contributed by atoms with Gasteiger partial charge in [-0.05, 0) is 60.5 Å². The Kier molecular flexibility index (Phi) is 8.09. The molecule has 7 nitrogen and oxygen atoms in total. The largest absolute Gasteiger partial charge is 0.489 e. The van der Waals surface area contributed by atoms with Crippen molar-refractivity contribution >= 4 is 17.6 Å².